The highest BCUT2D eigenvalue weighted by molar-refractivity contribution is 8.00. The molecule has 0 fully saturated rings. The van der Waals surface area contributed by atoms with Crippen LogP contribution in [0.1, 0.15) is 11.4 Å². The molecule has 1 rings (SSSR count). The first kappa shape index (κ1) is 15.8. The normalized spacial score (nSPS) is 11.3. The fourth-order valence-corrected chi connectivity index (χ4v) is 3.67. The van der Waals surface area contributed by atoms with Crippen LogP contribution in [0, 0.1) is 13.8 Å². The molecule has 1 aromatic rings. The van der Waals surface area contributed by atoms with Crippen molar-refractivity contribution >= 4 is 27.7 Å². The zero-order valence-corrected chi connectivity index (χ0v) is 12.8. The van der Waals surface area contributed by atoms with E-state index < -0.39 is 15.9 Å². The lowest BCUT2D eigenvalue weighted by molar-refractivity contribution is -0.116. The molecule has 1 N–H and O–H groups in total. The lowest BCUT2D eigenvalue weighted by Gasteiger charge is -2.06. The average molecular weight is 303 g/mol. The van der Waals surface area contributed by atoms with Gasteiger partial charge in [0, 0.05) is 12.8 Å². The number of aryl methyl sites for hydroxylation is 2. The van der Waals surface area contributed by atoms with Gasteiger partial charge in [0.25, 0.3) is 10.0 Å². The summed E-state index contributed by atoms with van der Waals surface area (Å²) in [5.74, 6) is 0.122. The van der Waals surface area contributed by atoms with Crippen LogP contribution in [-0.2, 0) is 21.9 Å². The number of hydrogen-bond acceptors (Lipinski definition) is 5. The second-order valence-corrected chi connectivity index (χ2v) is 6.61. The van der Waals surface area contributed by atoms with E-state index in [1.54, 1.807) is 27.0 Å². The predicted molar refractivity (Wildman–Crippen MR) is 75.5 cm³/mol. The van der Waals surface area contributed by atoms with Crippen molar-refractivity contribution in [1.82, 2.24) is 14.5 Å². The monoisotopic (exact) mass is 303 g/mol. The number of thioether (sulfide) groups is 1. The van der Waals surface area contributed by atoms with Crippen molar-refractivity contribution in [1.29, 1.82) is 0 Å². The number of sulfonamides is 1. The molecule has 0 spiro atoms. The van der Waals surface area contributed by atoms with Crippen LogP contribution in [0.25, 0.3) is 0 Å². The average Bonchev–Trinajstić information content (AvgIpc) is 2.52. The fourth-order valence-electron chi connectivity index (χ4n) is 1.61. The predicted octanol–water partition coefficient (Wildman–Crippen LogP) is 0.761. The molecule has 1 heterocycles. The van der Waals surface area contributed by atoms with E-state index >= 15 is 0 Å². The summed E-state index contributed by atoms with van der Waals surface area (Å²) in [5, 5.41) is 4.03. The standard InChI is InChI=1S/C11H17N3O3S2/c1-5-6-18-7-10(15)13-19(16,17)11-8(2)12-14(4)9(11)3/h5H,1,6-7H2,2-4H3,(H,13,15). The number of nitrogens with zero attached hydrogens (tertiary/aromatic N) is 2. The van der Waals surface area contributed by atoms with Crippen molar-refractivity contribution in [3.63, 3.8) is 0 Å². The number of aromatic nitrogens is 2. The zero-order chi connectivity index (χ0) is 14.6. The van der Waals surface area contributed by atoms with Gasteiger partial charge in [0.1, 0.15) is 4.90 Å². The van der Waals surface area contributed by atoms with Gasteiger partial charge in [-0.1, -0.05) is 6.08 Å². The number of carbonyl (C=O) groups excluding carboxylic acids is 1. The Labute approximate surface area is 117 Å². The highest BCUT2D eigenvalue weighted by Gasteiger charge is 2.25. The minimum atomic E-state index is -3.86. The number of amides is 1. The number of hydrogen-bond donors (Lipinski definition) is 1. The Hall–Kier alpha value is -1.28. The van der Waals surface area contributed by atoms with Gasteiger partial charge >= 0.3 is 0 Å². The smallest absolute Gasteiger partial charge is 0.267 e. The van der Waals surface area contributed by atoms with Crippen molar-refractivity contribution in [3.05, 3.63) is 24.0 Å². The van der Waals surface area contributed by atoms with E-state index in [1.165, 1.54) is 16.4 Å². The van der Waals surface area contributed by atoms with Crippen LogP contribution in [0.4, 0.5) is 0 Å². The van der Waals surface area contributed by atoms with Gasteiger partial charge in [-0.05, 0) is 13.8 Å². The molecule has 1 aromatic heterocycles. The van der Waals surface area contributed by atoms with Gasteiger partial charge in [-0.2, -0.15) is 5.10 Å². The van der Waals surface area contributed by atoms with Crippen LogP contribution < -0.4 is 4.72 Å². The molecule has 6 nitrogen and oxygen atoms in total. The lowest BCUT2D eigenvalue weighted by atomic mass is 10.4. The van der Waals surface area contributed by atoms with Crippen molar-refractivity contribution in [2.75, 3.05) is 11.5 Å². The molecule has 8 heteroatoms. The Morgan fingerprint density at radius 3 is 2.63 bits per heavy atom. The Balaban J connectivity index is 2.87. The van der Waals surface area contributed by atoms with Crippen molar-refractivity contribution in [2.45, 2.75) is 18.7 Å². The molecular weight excluding hydrogens is 286 g/mol. The maximum absolute atomic E-state index is 12.1. The quantitative estimate of drug-likeness (QED) is 0.620. The van der Waals surface area contributed by atoms with Crippen LogP contribution in [0.15, 0.2) is 17.6 Å². The highest BCUT2D eigenvalue weighted by atomic mass is 32.2. The second kappa shape index (κ2) is 6.25. The van der Waals surface area contributed by atoms with Gasteiger partial charge in [0.05, 0.1) is 17.1 Å². The Bertz CT molecular complexity index is 591. The number of nitrogens with one attached hydrogen (secondary N) is 1. The highest BCUT2D eigenvalue weighted by Crippen LogP contribution is 2.18. The SMILES string of the molecule is C=CCSCC(=O)NS(=O)(=O)c1c(C)nn(C)c1C. The Morgan fingerprint density at radius 2 is 2.16 bits per heavy atom. The molecule has 0 aliphatic rings. The minimum Gasteiger partial charge on any atom is -0.273 e. The Morgan fingerprint density at radius 1 is 1.53 bits per heavy atom. The van der Waals surface area contributed by atoms with Crippen LogP contribution >= 0.6 is 11.8 Å². The molecule has 1 amide bonds. The number of rotatable bonds is 6. The molecule has 0 aromatic carbocycles. The van der Waals surface area contributed by atoms with E-state index in [2.05, 4.69) is 16.4 Å². The third kappa shape index (κ3) is 3.84. The van der Waals surface area contributed by atoms with E-state index in [-0.39, 0.29) is 10.6 Å². The summed E-state index contributed by atoms with van der Waals surface area (Å²) in [6.45, 7) is 6.76. The van der Waals surface area contributed by atoms with Gasteiger partial charge in [0.2, 0.25) is 5.91 Å². The lowest BCUT2D eigenvalue weighted by Crippen LogP contribution is -2.32. The molecular formula is C11H17N3O3S2. The van der Waals surface area contributed by atoms with E-state index in [1.807, 2.05) is 0 Å². The summed E-state index contributed by atoms with van der Waals surface area (Å²) in [4.78, 5) is 11.6. The van der Waals surface area contributed by atoms with Gasteiger partial charge < -0.3 is 0 Å². The van der Waals surface area contributed by atoms with Crippen LogP contribution in [-0.4, -0.2) is 35.6 Å². The third-order valence-electron chi connectivity index (χ3n) is 2.43. The molecule has 19 heavy (non-hydrogen) atoms. The first-order chi connectivity index (χ1) is 8.79. The molecule has 0 saturated heterocycles. The number of carbonyl (C=O) groups is 1. The van der Waals surface area contributed by atoms with E-state index in [0.29, 0.717) is 17.1 Å². The molecule has 106 valence electrons. The molecule has 0 bridgehead atoms. The summed E-state index contributed by atoms with van der Waals surface area (Å²) in [7, 11) is -2.20. The zero-order valence-electron chi connectivity index (χ0n) is 11.1. The molecule has 0 radical (unpaired) electrons. The molecule has 0 unspecified atom stereocenters. The first-order valence-corrected chi connectivity index (χ1v) is 8.18. The third-order valence-corrected chi connectivity index (χ3v) is 4.99. The Kier molecular flexibility index (Phi) is 5.19. The van der Waals surface area contributed by atoms with Gasteiger partial charge in [0.15, 0.2) is 0 Å². The summed E-state index contributed by atoms with van der Waals surface area (Å²) in [5.41, 5.74) is 0.871. The van der Waals surface area contributed by atoms with Crippen molar-refractivity contribution in [2.24, 2.45) is 7.05 Å². The van der Waals surface area contributed by atoms with E-state index in [9.17, 15) is 13.2 Å². The fraction of sp³-hybridized carbons (Fsp3) is 0.455. The van der Waals surface area contributed by atoms with Gasteiger partial charge in [-0.15, -0.1) is 18.3 Å². The van der Waals surface area contributed by atoms with E-state index in [4.69, 9.17) is 0 Å². The molecule has 0 saturated carbocycles. The van der Waals surface area contributed by atoms with Crippen molar-refractivity contribution < 1.29 is 13.2 Å². The second-order valence-electron chi connectivity index (χ2n) is 3.96. The maximum Gasteiger partial charge on any atom is 0.267 e. The summed E-state index contributed by atoms with van der Waals surface area (Å²) in [6, 6.07) is 0. The summed E-state index contributed by atoms with van der Waals surface area (Å²) in [6.07, 6.45) is 1.65. The first-order valence-electron chi connectivity index (χ1n) is 5.54. The summed E-state index contributed by atoms with van der Waals surface area (Å²) < 4.78 is 27.8. The molecule has 0 aliphatic carbocycles. The minimum absolute atomic E-state index is 0.0667. The van der Waals surface area contributed by atoms with Crippen molar-refractivity contribution in [3.8, 4) is 0 Å². The molecule has 0 aliphatic heterocycles. The molecule has 0 atom stereocenters. The van der Waals surface area contributed by atoms with Crippen LogP contribution in [0.2, 0.25) is 0 Å². The largest absolute Gasteiger partial charge is 0.273 e. The van der Waals surface area contributed by atoms with Gasteiger partial charge in [-0.25, -0.2) is 13.1 Å². The summed E-state index contributed by atoms with van der Waals surface area (Å²) >= 11 is 1.30. The van der Waals surface area contributed by atoms with Gasteiger partial charge in [-0.3, -0.25) is 9.48 Å². The topological polar surface area (TPSA) is 81.1 Å². The maximum atomic E-state index is 12.1. The van der Waals surface area contributed by atoms with Crippen LogP contribution in [0.5, 0.6) is 0 Å². The van der Waals surface area contributed by atoms with E-state index in [0.717, 1.165) is 0 Å². The van der Waals surface area contributed by atoms with Crippen LogP contribution in [0.3, 0.4) is 0 Å².